The van der Waals surface area contributed by atoms with Crippen LogP contribution in [-0.4, -0.2) is 41.9 Å². The van der Waals surface area contributed by atoms with E-state index in [0.717, 1.165) is 0 Å². The molecule has 1 fully saturated rings. The van der Waals surface area contributed by atoms with Crippen LogP contribution >= 0.6 is 0 Å². The minimum atomic E-state index is -0.450. The van der Waals surface area contributed by atoms with Crippen molar-refractivity contribution in [1.82, 2.24) is 4.98 Å². The van der Waals surface area contributed by atoms with Crippen molar-refractivity contribution >= 4 is 23.0 Å². The minimum Gasteiger partial charge on any atom is -0.366 e. The molecule has 3 rings (SSSR count). The third-order valence-electron chi connectivity index (χ3n) is 4.24. The highest BCUT2D eigenvalue weighted by Gasteiger charge is 2.25. The molecule has 0 amide bonds. The lowest BCUT2D eigenvalue weighted by Crippen LogP contribution is -2.47. The summed E-state index contributed by atoms with van der Waals surface area (Å²) < 4.78 is 14.3. The molecule has 0 bridgehead atoms. The van der Waals surface area contributed by atoms with Crippen LogP contribution in [0.3, 0.4) is 0 Å². The molecule has 2 aromatic rings. The van der Waals surface area contributed by atoms with E-state index in [9.17, 15) is 19.3 Å². The second-order valence-corrected chi connectivity index (χ2v) is 5.80. The van der Waals surface area contributed by atoms with Crippen molar-refractivity contribution < 1.29 is 14.1 Å². The van der Waals surface area contributed by atoms with E-state index >= 15 is 0 Å². The highest BCUT2D eigenvalue weighted by Crippen LogP contribution is 2.28. The third kappa shape index (κ3) is 3.42. The third-order valence-corrected chi connectivity index (χ3v) is 4.24. The zero-order valence-corrected chi connectivity index (χ0v) is 13.7. The molecule has 1 aromatic carbocycles. The van der Waals surface area contributed by atoms with Gasteiger partial charge in [-0.05, 0) is 31.2 Å². The van der Waals surface area contributed by atoms with Crippen molar-refractivity contribution in [2.75, 3.05) is 36.0 Å². The van der Waals surface area contributed by atoms with Crippen molar-refractivity contribution in [3.05, 3.63) is 58.0 Å². The summed E-state index contributed by atoms with van der Waals surface area (Å²) in [5.41, 5.74) is 0.733. The number of Topliss-reactive ketones (excluding diaryl/α,β-unsaturated/α-hetero) is 1. The summed E-state index contributed by atoms with van der Waals surface area (Å²) in [5, 5.41) is 11.1. The van der Waals surface area contributed by atoms with Crippen molar-refractivity contribution in [2.24, 2.45) is 0 Å². The minimum absolute atomic E-state index is 0.0343. The van der Waals surface area contributed by atoms with Gasteiger partial charge in [-0.1, -0.05) is 0 Å². The van der Waals surface area contributed by atoms with Gasteiger partial charge >= 0.3 is 5.69 Å². The molecule has 8 heteroatoms. The lowest BCUT2D eigenvalue weighted by Gasteiger charge is -2.36. The monoisotopic (exact) mass is 344 g/mol. The van der Waals surface area contributed by atoms with E-state index in [4.69, 9.17) is 0 Å². The predicted molar refractivity (Wildman–Crippen MR) is 91.7 cm³/mol. The fourth-order valence-corrected chi connectivity index (χ4v) is 2.92. The van der Waals surface area contributed by atoms with Gasteiger partial charge in [0.1, 0.15) is 5.82 Å². The second-order valence-electron chi connectivity index (χ2n) is 5.80. The standard InChI is InChI=1S/C17H17FN4O3/c1-12(23)13-4-5-15(14(18)11-13)20-7-9-21(10-8-20)17-16(22(24)25)3-2-6-19-17/h2-6,11H,7-10H2,1H3. The van der Waals surface area contributed by atoms with Crippen LogP contribution in [0.1, 0.15) is 17.3 Å². The van der Waals surface area contributed by atoms with Gasteiger partial charge in [-0.3, -0.25) is 14.9 Å². The maximum Gasteiger partial charge on any atom is 0.311 e. The zero-order valence-electron chi connectivity index (χ0n) is 13.7. The van der Waals surface area contributed by atoms with Gasteiger partial charge in [-0.25, -0.2) is 9.37 Å². The highest BCUT2D eigenvalue weighted by molar-refractivity contribution is 5.94. The van der Waals surface area contributed by atoms with Gasteiger partial charge in [0.15, 0.2) is 5.78 Å². The van der Waals surface area contributed by atoms with Crippen molar-refractivity contribution in [2.45, 2.75) is 6.92 Å². The van der Waals surface area contributed by atoms with Crippen molar-refractivity contribution in [3.8, 4) is 0 Å². The summed E-state index contributed by atoms with van der Waals surface area (Å²) in [4.78, 5) is 29.8. The molecular weight excluding hydrogens is 327 g/mol. The van der Waals surface area contributed by atoms with E-state index in [1.165, 1.54) is 31.3 Å². The van der Waals surface area contributed by atoms with Crippen LogP contribution in [0.4, 0.5) is 21.6 Å². The predicted octanol–water partition coefficient (Wildman–Crippen LogP) is 2.66. The molecule has 0 radical (unpaired) electrons. The van der Waals surface area contributed by atoms with Gasteiger partial charge in [0, 0.05) is 44.0 Å². The number of pyridine rings is 1. The van der Waals surface area contributed by atoms with Gasteiger partial charge in [-0.2, -0.15) is 0 Å². The molecule has 1 aliphatic rings. The molecular formula is C17H17FN4O3. The Morgan fingerprint density at radius 1 is 1.20 bits per heavy atom. The maximum absolute atomic E-state index is 14.3. The molecule has 0 N–H and O–H groups in total. The van der Waals surface area contributed by atoms with E-state index in [1.54, 1.807) is 12.1 Å². The molecule has 2 heterocycles. The number of hydrogen-bond acceptors (Lipinski definition) is 6. The summed E-state index contributed by atoms with van der Waals surface area (Å²) in [7, 11) is 0. The number of nitro groups is 1. The Morgan fingerprint density at radius 3 is 2.48 bits per heavy atom. The first-order chi connectivity index (χ1) is 12.0. The van der Waals surface area contributed by atoms with Gasteiger partial charge in [0.2, 0.25) is 5.82 Å². The SMILES string of the molecule is CC(=O)c1ccc(N2CCN(c3ncccc3[N+](=O)[O-])CC2)c(F)c1. The first-order valence-corrected chi connectivity index (χ1v) is 7.87. The molecule has 130 valence electrons. The number of ketones is 1. The van der Waals surface area contributed by atoms with Crippen LogP contribution in [-0.2, 0) is 0 Å². The molecule has 0 saturated carbocycles. The summed E-state index contributed by atoms with van der Waals surface area (Å²) in [6.45, 7) is 3.39. The molecule has 0 unspecified atom stereocenters. The number of anilines is 2. The molecule has 0 atom stereocenters. The van der Waals surface area contributed by atoms with Crippen LogP contribution in [0.2, 0.25) is 0 Å². The van der Waals surface area contributed by atoms with Crippen LogP contribution in [0.25, 0.3) is 0 Å². The van der Waals surface area contributed by atoms with Crippen molar-refractivity contribution in [1.29, 1.82) is 0 Å². The molecule has 1 saturated heterocycles. The van der Waals surface area contributed by atoms with Crippen LogP contribution in [0.5, 0.6) is 0 Å². The summed E-state index contributed by atoms with van der Waals surface area (Å²) in [5.74, 6) is -0.290. The topological polar surface area (TPSA) is 79.6 Å². The average Bonchev–Trinajstić information content (AvgIpc) is 2.61. The van der Waals surface area contributed by atoms with Gasteiger partial charge in [0.05, 0.1) is 10.6 Å². The number of carbonyl (C=O) groups excluding carboxylic acids is 1. The molecule has 0 aliphatic carbocycles. The Balaban J connectivity index is 1.75. The van der Waals surface area contributed by atoms with E-state index in [1.807, 2.05) is 9.80 Å². The lowest BCUT2D eigenvalue weighted by atomic mass is 10.1. The average molecular weight is 344 g/mol. The Bertz CT molecular complexity index is 819. The molecule has 0 spiro atoms. The number of piperazine rings is 1. The Labute approximate surface area is 143 Å². The number of nitrogens with zero attached hydrogens (tertiary/aromatic N) is 4. The number of rotatable bonds is 4. The van der Waals surface area contributed by atoms with Crippen LogP contribution < -0.4 is 9.80 Å². The highest BCUT2D eigenvalue weighted by atomic mass is 19.1. The fraction of sp³-hybridized carbons (Fsp3) is 0.294. The van der Waals surface area contributed by atoms with Gasteiger partial charge in [0.25, 0.3) is 0 Å². The maximum atomic E-state index is 14.3. The van der Waals surface area contributed by atoms with E-state index < -0.39 is 10.7 Å². The van der Waals surface area contributed by atoms with E-state index in [0.29, 0.717) is 43.2 Å². The Kier molecular flexibility index (Phi) is 4.60. The lowest BCUT2D eigenvalue weighted by molar-refractivity contribution is -0.384. The molecule has 25 heavy (non-hydrogen) atoms. The van der Waals surface area contributed by atoms with Gasteiger partial charge in [-0.15, -0.1) is 0 Å². The van der Waals surface area contributed by atoms with Gasteiger partial charge < -0.3 is 9.80 Å². The summed E-state index contributed by atoms with van der Waals surface area (Å²) >= 11 is 0. The number of benzene rings is 1. The van der Waals surface area contributed by atoms with E-state index in [2.05, 4.69) is 4.98 Å². The van der Waals surface area contributed by atoms with Crippen molar-refractivity contribution in [3.63, 3.8) is 0 Å². The number of hydrogen-bond donors (Lipinski definition) is 0. The van der Waals surface area contributed by atoms with Crippen LogP contribution in [0.15, 0.2) is 36.5 Å². The Hall–Kier alpha value is -3.03. The molecule has 1 aromatic heterocycles. The second kappa shape index (κ2) is 6.84. The Morgan fingerprint density at radius 2 is 1.88 bits per heavy atom. The number of halogens is 1. The van der Waals surface area contributed by atoms with Crippen LogP contribution in [0, 0.1) is 15.9 Å². The molecule has 7 nitrogen and oxygen atoms in total. The summed E-state index contributed by atoms with van der Waals surface area (Å²) in [6.07, 6.45) is 1.52. The van der Waals surface area contributed by atoms with E-state index in [-0.39, 0.29) is 11.5 Å². The molecule has 1 aliphatic heterocycles. The number of aromatic nitrogens is 1. The normalized spacial score (nSPS) is 14.5. The first-order valence-electron chi connectivity index (χ1n) is 7.87. The fourth-order valence-electron chi connectivity index (χ4n) is 2.92. The largest absolute Gasteiger partial charge is 0.366 e. The first kappa shape index (κ1) is 16.8. The summed E-state index contributed by atoms with van der Waals surface area (Å²) in [6, 6.07) is 7.41. The number of carbonyl (C=O) groups is 1. The zero-order chi connectivity index (χ0) is 18.0. The quantitative estimate of drug-likeness (QED) is 0.482. The smallest absolute Gasteiger partial charge is 0.311 e.